The lowest BCUT2D eigenvalue weighted by Crippen LogP contribution is -2.01. The lowest BCUT2D eigenvalue weighted by atomic mass is 10.00. The van der Waals surface area contributed by atoms with Gasteiger partial charge >= 0.3 is 0 Å². The van der Waals surface area contributed by atoms with Gasteiger partial charge in [-0.3, -0.25) is 0 Å². The van der Waals surface area contributed by atoms with Gasteiger partial charge in [-0.05, 0) is 59.5 Å². The Morgan fingerprint density at radius 2 is 0.820 bits per heavy atom. The second kappa shape index (κ2) is 13.1. The quantitative estimate of drug-likeness (QED) is 0.174. The van der Waals surface area contributed by atoms with E-state index in [0.29, 0.717) is 17.5 Å². The third kappa shape index (κ3) is 5.26. The van der Waals surface area contributed by atoms with E-state index in [4.69, 9.17) is 23.8 Å². The molecule has 0 aliphatic rings. The molecule has 4 aromatic heterocycles. The van der Waals surface area contributed by atoms with Crippen molar-refractivity contribution in [2.75, 3.05) is 0 Å². The number of fused-ring (bicyclic) bond motifs is 11. The van der Waals surface area contributed by atoms with Crippen LogP contribution in [-0.2, 0) is 0 Å². The second-order valence-corrected chi connectivity index (χ2v) is 15.6. The van der Waals surface area contributed by atoms with Gasteiger partial charge in [-0.25, -0.2) is 15.0 Å². The van der Waals surface area contributed by atoms with E-state index in [2.05, 4.69) is 132 Å². The van der Waals surface area contributed by atoms with Crippen LogP contribution in [0.5, 0.6) is 0 Å². The molecule has 0 N–H and O–H groups in total. The Morgan fingerprint density at radius 3 is 1.56 bits per heavy atom. The number of hydrogen-bond donors (Lipinski definition) is 0. The van der Waals surface area contributed by atoms with Gasteiger partial charge in [0.2, 0.25) is 0 Å². The van der Waals surface area contributed by atoms with Crippen LogP contribution in [0.25, 0.3) is 127 Å². The first-order valence-corrected chi connectivity index (χ1v) is 20.4. The van der Waals surface area contributed by atoms with Crippen molar-refractivity contribution in [1.29, 1.82) is 0 Å². The molecule has 0 aliphatic carbocycles. The van der Waals surface area contributed by atoms with Gasteiger partial charge in [-0.15, -0.1) is 0 Å². The van der Waals surface area contributed by atoms with E-state index in [0.717, 1.165) is 88.4 Å². The molecule has 0 amide bonds. The number of hydrogen-bond acceptors (Lipinski definition) is 5. The largest absolute Gasteiger partial charge is 0.456 e. The summed E-state index contributed by atoms with van der Waals surface area (Å²) in [4.78, 5) is 15.4. The van der Waals surface area contributed by atoms with Crippen LogP contribution in [0.1, 0.15) is 0 Å². The summed E-state index contributed by atoms with van der Waals surface area (Å²) in [5, 5.41) is 9.07. The van der Waals surface area contributed by atoms with Crippen LogP contribution in [0.4, 0.5) is 0 Å². The van der Waals surface area contributed by atoms with Crippen molar-refractivity contribution in [2.24, 2.45) is 0 Å². The molecule has 61 heavy (non-hydrogen) atoms. The number of rotatable bonds is 5. The minimum absolute atomic E-state index is 0.572. The highest BCUT2D eigenvalue weighted by Crippen LogP contribution is 2.43. The molecule has 0 fully saturated rings. The Kier molecular flexibility index (Phi) is 7.21. The van der Waals surface area contributed by atoms with E-state index in [1.807, 2.05) is 66.7 Å². The van der Waals surface area contributed by atoms with Crippen LogP contribution < -0.4 is 0 Å². The van der Waals surface area contributed by atoms with Crippen molar-refractivity contribution in [1.82, 2.24) is 19.5 Å². The van der Waals surface area contributed by atoms with Gasteiger partial charge in [-0.1, -0.05) is 146 Å². The van der Waals surface area contributed by atoms with Crippen molar-refractivity contribution >= 4 is 76.5 Å². The Morgan fingerprint density at radius 1 is 0.311 bits per heavy atom. The van der Waals surface area contributed by atoms with E-state index in [9.17, 15) is 0 Å². The van der Waals surface area contributed by atoms with Crippen molar-refractivity contribution in [2.45, 2.75) is 0 Å². The lowest BCUT2D eigenvalue weighted by molar-refractivity contribution is 0.668. The summed E-state index contributed by atoms with van der Waals surface area (Å²) in [6.07, 6.45) is 0. The predicted molar refractivity (Wildman–Crippen MR) is 248 cm³/mol. The van der Waals surface area contributed by atoms with Crippen LogP contribution in [0.15, 0.2) is 203 Å². The minimum atomic E-state index is 0.572. The highest BCUT2D eigenvalue weighted by Gasteiger charge is 2.21. The molecular weight excluding hydrogens is 749 g/mol. The van der Waals surface area contributed by atoms with E-state index >= 15 is 0 Å². The number of para-hydroxylation sites is 3. The Bertz CT molecular complexity index is 3900. The summed E-state index contributed by atoms with van der Waals surface area (Å²) in [5.41, 5.74) is 11.5. The molecular formula is C55H32N4O2. The number of aromatic nitrogens is 4. The molecule has 284 valence electrons. The van der Waals surface area contributed by atoms with Crippen molar-refractivity contribution in [3.8, 4) is 51.0 Å². The summed E-state index contributed by atoms with van der Waals surface area (Å²) in [6, 6.07) is 67.5. The number of nitrogens with zero attached hydrogens (tertiary/aromatic N) is 4. The fourth-order valence-electron chi connectivity index (χ4n) is 9.21. The first-order valence-electron chi connectivity index (χ1n) is 20.4. The van der Waals surface area contributed by atoms with Crippen LogP contribution in [0.2, 0.25) is 0 Å². The van der Waals surface area contributed by atoms with Crippen molar-refractivity contribution < 1.29 is 8.83 Å². The average Bonchev–Trinajstić information content (AvgIpc) is 4.01. The molecule has 0 saturated carbocycles. The number of furan rings is 2. The molecule has 0 bridgehead atoms. The fraction of sp³-hybridized carbons (Fsp3) is 0. The first-order chi connectivity index (χ1) is 30.2. The predicted octanol–water partition coefficient (Wildman–Crippen LogP) is 14.6. The van der Waals surface area contributed by atoms with Gasteiger partial charge in [0.25, 0.3) is 0 Å². The van der Waals surface area contributed by atoms with E-state index in [1.54, 1.807) is 0 Å². The fourth-order valence-corrected chi connectivity index (χ4v) is 9.21. The summed E-state index contributed by atoms with van der Waals surface area (Å²) < 4.78 is 15.1. The van der Waals surface area contributed by atoms with Crippen LogP contribution in [0, 0.1) is 0 Å². The normalized spacial score (nSPS) is 11.9. The van der Waals surface area contributed by atoms with Gasteiger partial charge in [-0.2, -0.15) is 0 Å². The lowest BCUT2D eigenvalue weighted by Gasteiger charge is -2.14. The van der Waals surface area contributed by atoms with E-state index < -0.39 is 0 Å². The number of benzene rings is 9. The van der Waals surface area contributed by atoms with Gasteiger partial charge in [0.05, 0.1) is 11.0 Å². The van der Waals surface area contributed by atoms with Crippen LogP contribution in [0.3, 0.4) is 0 Å². The molecule has 6 nitrogen and oxygen atoms in total. The van der Waals surface area contributed by atoms with Crippen molar-refractivity contribution in [3.63, 3.8) is 0 Å². The maximum Gasteiger partial charge on any atom is 0.164 e. The molecule has 13 aromatic rings. The summed E-state index contributed by atoms with van der Waals surface area (Å²) >= 11 is 0. The van der Waals surface area contributed by atoms with E-state index in [-0.39, 0.29) is 0 Å². The van der Waals surface area contributed by atoms with Crippen LogP contribution >= 0.6 is 0 Å². The third-order valence-electron chi connectivity index (χ3n) is 12.0. The molecule has 0 spiro atoms. The summed E-state index contributed by atoms with van der Waals surface area (Å²) in [7, 11) is 0. The molecule has 0 radical (unpaired) electrons. The smallest absolute Gasteiger partial charge is 0.164 e. The second-order valence-electron chi connectivity index (χ2n) is 15.6. The molecule has 6 heteroatoms. The topological polar surface area (TPSA) is 69.9 Å². The van der Waals surface area contributed by atoms with Gasteiger partial charge in [0.1, 0.15) is 22.3 Å². The summed E-state index contributed by atoms with van der Waals surface area (Å²) in [6.45, 7) is 0. The maximum atomic E-state index is 6.41. The third-order valence-corrected chi connectivity index (χ3v) is 12.0. The van der Waals surface area contributed by atoms with Crippen molar-refractivity contribution in [3.05, 3.63) is 194 Å². The monoisotopic (exact) mass is 780 g/mol. The minimum Gasteiger partial charge on any atom is -0.456 e. The van der Waals surface area contributed by atoms with Gasteiger partial charge in [0.15, 0.2) is 17.5 Å². The summed E-state index contributed by atoms with van der Waals surface area (Å²) in [5.74, 6) is 1.75. The Labute approximate surface area is 348 Å². The van der Waals surface area contributed by atoms with E-state index in [1.165, 1.54) is 21.5 Å². The highest BCUT2D eigenvalue weighted by molar-refractivity contribution is 6.21. The SMILES string of the molecule is c1ccc(-c2nc(-c3cccc(-n4c5c(-c6ccc7c(c6)oc6ccccc67)cccc5c5ccc6ccccc6c54)c3)nc(-c3ccc4c(c3)oc3ccccc34)n2)cc1. The molecule has 0 aliphatic heterocycles. The van der Waals surface area contributed by atoms with Gasteiger partial charge in [0, 0.05) is 65.6 Å². The first kappa shape index (κ1) is 33.6. The van der Waals surface area contributed by atoms with Crippen LogP contribution in [-0.4, -0.2) is 19.5 Å². The molecule has 0 unspecified atom stereocenters. The molecule has 9 aromatic carbocycles. The molecule has 4 heterocycles. The Balaban J connectivity index is 1.04. The highest BCUT2D eigenvalue weighted by atomic mass is 16.3. The molecule has 13 rings (SSSR count). The zero-order chi connectivity index (χ0) is 40.0. The zero-order valence-corrected chi connectivity index (χ0v) is 32.6. The standard InChI is InChI=1S/C55H32N4O2/c1-2-13-34(14-3-1)53-56-54(58-55(57-53)37-26-28-44-42-19-7-9-23-48(42)61-50(44)32-37)36-15-10-16-38(30-36)59-51-39-17-5-4-12-33(39)24-29-46(51)45-21-11-20-40(52(45)59)35-25-27-43-41-18-6-8-22-47(41)60-49(43)31-35/h1-32H. The molecule has 0 saturated heterocycles. The Hall–Kier alpha value is -8.35. The maximum absolute atomic E-state index is 6.41. The average molecular weight is 781 g/mol. The zero-order valence-electron chi connectivity index (χ0n) is 32.6. The molecule has 0 atom stereocenters. The van der Waals surface area contributed by atoms with Gasteiger partial charge < -0.3 is 13.4 Å².